The van der Waals surface area contributed by atoms with Crippen LogP contribution in [0.1, 0.15) is 16.2 Å². The number of carbonyl (C=O) groups excluding carboxylic acids is 1. The van der Waals surface area contributed by atoms with Crippen LogP contribution in [0.15, 0.2) is 60.2 Å². The van der Waals surface area contributed by atoms with Crippen molar-refractivity contribution in [1.82, 2.24) is 15.0 Å². The van der Waals surface area contributed by atoms with Gasteiger partial charge in [0.15, 0.2) is 5.13 Å². The summed E-state index contributed by atoms with van der Waals surface area (Å²) in [5.41, 5.74) is 3.68. The van der Waals surface area contributed by atoms with E-state index in [2.05, 4.69) is 25.6 Å². The second-order valence-electron chi connectivity index (χ2n) is 5.68. The molecular formula is C19H15N5OS. The summed E-state index contributed by atoms with van der Waals surface area (Å²) < 4.78 is 0. The molecule has 3 aromatic heterocycles. The van der Waals surface area contributed by atoms with Gasteiger partial charge in [-0.05, 0) is 43.3 Å². The molecule has 7 heteroatoms. The summed E-state index contributed by atoms with van der Waals surface area (Å²) in [7, 11) is 0. The fourth-order valence-corrected chi connectivity index (χ4v) is 3.26. The van der Waals surface area contributed by atoms with E-state index in [-0.39, 0.29) is 5.91 Å². The van der Waals surface area contributed by atoms with E-state index in [0.717, 1.165) is 28.0 Å². The van der Waals surface area contributed by atoms with Gasteiger partial charge < -0.3 is 10.6 Å². The lowest BCUT2D eigenvalue weighted by Crippen LogP contribution is -2.12. The van der Waals surface area contributed by atoms with Gasteiger partial charge in [0.2, 0.25) is 0 Å². The second kappa shape index (κ2) is 6.89. The third-order valence-corrected chi connectivity index (χ3v) is 4.53. The molecule has 26 heavy (non-hydrogen) atoms. The molecule has 1 amide bonds. The Morgan fingerprint density at radius 2 is 2.00 bits per heavy atom. The number of rotatable bonds is 4. The van der Waals surface area contributed by atoms with Crippen LogP contribution in [-0.4, -0.2) is 20.9 Å². The summed E-state index contributed by atoms with van der Waals surface area (Å²) >= 11 is 1.37. The van der Waals surface area contributed by atoms with E-state index in [1.54, 1.807) is 17.8 Å². The third-order valence-electron chi connectivity index (χ3n) is 3.77. The Kier molecular flexibility index (Phi) is 4.28. The van der Waals surface area contributed by atoms with Crippen LogP contribution in [0.5, 0.6) is 0 Å². The summed E-state index contributed by atoms with van der Waals surface area (Å²) in [6, 6.07) is 13.3. The van der Waals surface area contributed by atoms with E-state index in [1.165, 1.54) is 11.3 Å². The maximum Gasteiger partial charge on any atom is 0.275 e. The van der Waals surface area contributed by atoms with Crippen LogP contribution in [0.25, 0.3) is 10.9 Å². The molecule has 128 valence electrons. The number of nitrogens with zero attached hydrogens (tertiary/aromatic N) is 3. The molecule has 0 bridgehead atoms. The Balaban J connectivity index is 1.54. The van der Waals surface area contributed by atoms with Crippen molar-refractivity contribution in [2.24, 2.45) is 0 Å². The Morgan fingerprint density at radius 1 is 1.08 bits per heavy atom. The van der Waals surface area contributed by atoms with E-state index >= 15 is 0 Å². The topological polar surface area (TPSA) is 79.8 Å². The molecule has 6 nitrogen and oxygen atoms in total. The SMILES string of the molecule is Cc1ccc2c(NC(=O)c3csc(Nc4cccnc4)n3)cccc2n1. The van der Waals surface area contributed by atoms with E-state index in [9.17, 15) is 4.79 Å². The highest BCUT2D eigenvalue weighted by molar-refractivity contribution is 7.14. The van der Waals surface area contributed by atoms with Gasteiger partial charge in [0, 0.05) is 22.7 Å². The average Bonchev–Trinajstić information content (AvgIpc) is 3.11. The van der Waals surface area contributed by atoms with E-state index in [4.69, 9.17) is 0 Å². The Bertz CT molecular complexity index is 1080. The highest BCUT2D eigenvalue weighted by Gasteiger charge is 2.13. The number of pyridine rings is 2. The molecule has 0 atom stereocenters. The van der Waals surface area contributed by atoms with Crippen LogP contribution in [-0.2, 0) is 0 Å². The zero-order valence-electron chi connectivity index (χ0n) is 13.9. The van der Waals surface area contributed by atoms with Crippen molar-refractivity contribution in [3.63, 3.8) is 0 Å². The predicted octanol–water partition coefficient (Wildman–Crippen LogP) is 4.39. The molecule has 0 aliphatic rings. The monoisotopic (exact) mass is 361 g/mol. The Hall–Kier alpha value is -3.32. The first-order valence-corrected chi connectivity index (χ1v) is 8.87. The van der Waals surface area contributed by atoms with E-state index in [0.29, 0.717) is 10.8 Å². The van der Waals surface area contributed by atoms with Crippen molar-refractivity contribution in [1.29, 1.82) is 0 Å². The molecule has 3 heterocycles. The number of hydrogen-bond acceptors (Lipinski definition) is 6. The van der Waals surface area contributed by atoms with Gasteiger partial charge >= 0.3 is 0 Å². The van der Waals surface area contributed by atoms with Gasteiger partial charge in [0.1, 0.15) is 5.69 Å². The van der Waals surface area contributed by atoms with Crippen LogP contribution in [0.4, 0.5) is 16.5 Å². The van der Waals surface area contributed by atoms with Crippen LogP contribution in [0.2, 0.25) is 0 Å². The Morgan fingerprint density at radius 3 is 2.85 bits per heavy atom. The van der Waals surface area contributed by atoms with Crippen LogP contribution >= 0.6 is 11.3 Å². The lowest BCUT2D eigenvalue weighted by Gasteiger charge is -2.07. The number of aromatic nitrogens is 3. The Labute approximate surface area is 154 Å². The van der Waals surface area contributed by atoms with Gasteiger partial charge in [0.25, 0.3) is 5.91 Å². The van der Waals surface area contributed by atoms with Crippen molar-refractivity contribution in [3.8, 4) is 0 Å². The predicted molar refractivity (Wildman–Crippen MR) is 104 cm³/mol. The number of amides is 1. The molecule has 4 rings (SSSR count). The number of hydrogen-bond donors (Lipinski definition) is 2. The largest absolute Gasteiger partial charge is 0.330 e. The molecule has 4 aromatic rings. The standard InChI is InChI=1S/C19H15N5OS/c1-12-7-8-14-15(21-12)5-2-6-16(14)23-18(25)17-11-26-19(24-17)22-13-4-3-9-20-10-13/h2-11H,1H3,(H,22,24)(H,23,25). The molecule has 1 aromatic carbocycles. The lowest BCUT2D eigenvalue weighted by molar-refractivity contribution is 0.102. The summed E-state index contributed by atoms with van der Waals surface area (Å²) in [6.45, 7) is 1.94. The van der Waals surface area contributed by atoms with Crippen molar-refractivity contribution < 1.29 is 4.79 Å². The molecule has 0 fully saturated rings. The van der Waals surface area contributed by atoms with Gasteiger partial charge in [-0.1, -0.05) is 6.07 Å². The molecule has 0 unspecified atom stereocenters. The summed E-state index contributed by atoms with van der Waals surface area (Å²) in [6.07, 6.45) is 3.40. The van der Waals surface area contributed by atoms with Gasteiger partial charge in [-0.25, -0.2) is 4.98 Å². The zero-order valence-corrected chi connectivity index (χ0v) is 14.7. The number of thiazole rings is 1. The van der Waals surface area contributed by atoms with Crippen LogP contribution in [0, 0.1) is 6.92 Å². The first-order valence-electron chi connectivity index (χ1n) is 7.99. The summed E-state index contributed by atoms with van der Waals surface area (Å²) in [4.78, 5) is 25.4. The maximum absolute atomic E-state index is 12.6. The highest BCUT2D eigenvalue weighted by atomic mass is 32.1. The first-order chi connectivity index (χ1) is 12.7. The van der Waals surface area contributed by atoms with E-state index in [1.807, 2.05) is 49.4 Å². The normalized spacial score (nSPS) is 10.7. The molecule has 0 saturated heterocycles. The molecule has 0 spiro atoms. The number of fused-ring (bicyclic) bond motifs is 1. The number of benzene rings is 1. The number of carbonyl (C=O) groups is 1. The van der Waals surface area contributed by atoms with Gasteiger partial charge in [-0.3, -0.25) is 14.8 Å². The minimum Gasteiger partial charge on any atom is -0.330 e. The smallest absolute Gasteiger partial charge is 0.275 e. The molecule has 0 radical (unpaired) electrons. The number of aryl methyl sites for hydroxylation is 1. The van der Waals surface area contributed by atoms with E-state index < -0.39 is 0 Å². The fourth-order valence-electron chi connectivity index (χ4n) is 2.55. The molecule has 0 saturated carbocycles. The highest BCUT2D eigenvalue weighted by Crippen LogP contribution is 2.24. The second-order valence-corrected chi connectivity index (χ2v) is 6.54. The van der Waals surface area contributed by atoms with Gasteiger partial charge in [-0.15, -0.1) is 11.3 Å². The van der Waals surface area contributed by atoms with Gasteiger partial charge in [0.05, 0.1) is 23.1 Å². The molecule has 0 aliphatic heterocycles. The number of anilines is 3. The fraction of sp³-hybridized carbons (Fsp3) is 0.0526. The van der Waals surface area contributed by atoms with Crippen LogP contribution in [0.3, 0.4) is 0 Å². The van der Waals surface area contributed by atoms with Crippen molar-refractivity contribution in [2.45, 2.75) is 6.92 Å². The quantitative estimate of drug-likeness (QED) is 0.563. The van der Waals surface area contributed by atoms with Crippen molar-refractivity contribution in [2.75, 3.05) is 10.6 Å². The zero-order chi connectivity index (χ0) is 17.9. The van der Waals surface area contributed by atoms with Crippen LogP contribution < -0.4 is 10.6 Å². The third kappa shape index (κ3) is 3.38. The average molecular weight is 361 g/mol. The molecule has 2 N–H and O–H groups in total. The van der Waals surface area contributed by atoms with Crippen molar-refractivity contribution in [3.05, 3.63) is 71.6 Å². The first kappa shape index (κ1) is 16.2. The summed E-state index contributed by atoms with van der Waals surface area (Å²) in [5.74, 6) is -0.256. The minimum absolute atomic E-state index is 0.256. The maximum atomic E-state index is 12.6. The summed E-state index contributed by atoms with van der Waals surface area (Å²) in [5, 5.41) is 9.32. The number of nitrogens with one attached hydrogen (secondary N) is 2. The lowest BCUT2D eigenvalue weighted by atomic mass is 10.1. The van der Waals surface area contributed by atoms with Gasteiger partial charge in [-0.2, -0.15) is 0 Å². The van der Waals surface area contributed by atoms with Crippen molar-refractivity contribution >= 4 is 44.7 Å². The molecular weight excluding hydrogens is 346 g/mol. The molecule has 0 aliphatic carbocycles. The minimum atomic E-state index is -0.256.